The molecule has 1 aliphatic carbocycles. The van der Waals surface area contributed by atoms with E-state index in [4.69, 9.17) is 4.98 Å². The maximum Gasteiger partial charge on any atom is 0.225 e. The smallest absolute Gasteiger partial charge is 0.225 e. The molecule has 0 radical (unpaired) electrons. The molecule has 2 heterocycles. The Morgan fingerprint density at radius 1 is 1.17 bits per heavy atom. The molecule has 5 nitrogen and oxygen atoms in total. The van der Waals surface area contributed by atoms with Gasteiger partial charge in [0.2, 0.25) is 5.91 Å². The molecule has 1 aromatic heterocycles. The molecule has 3 aromatic rings. The van der Waals surface area contributed by atoms with Crippen LogP contribution in [0.15, 0.2) is 46.9 Å². The van der Waals surface area contributed by atoms with Gasteiger partial charge in [-0.25, -0.2) is 4.98 Å². The Bertz CT molecular complexity index is 1120. The van der Waals surface area contributed by atoms with Gasteiger partial charge < -0.3 is 9.47 Å². The Labute approximate surface area is 178 Å². The van der Waals surface area contributed by atoms with Gasteiger partial charge in [0.1, 0.15) is 5.82 Å². The van der Waals surface area contributed by atoms with Crippen molar-refractivity contribution in [1.29, 1.82) is 5.26 Å². The second-order valence-corrected chi connectivity index (χ2v) is 9.00. The van der Waals surface area contributed by atoms with Crippen molar-refractivity contribution in [1.82, 2.24) is 14.5 Å². The van der Waals surface area contributed by atoms with Crippen LogP contribution in [0.1, 0.15) is 24.8 Å². The summed E-state index contributed by atoms with van der Waals surface area (Å²) in [7, 11) is 0. The van der Waals surface area contributed by atoms with Crippen molar-refractivity contribution >= 4 is 32.9 Å². The first kappa shape index (κ1) is 18.4. The molecule has 2 aliphatic rings. The summed E-state index contributed by atoms with van der Waals surface area (Å²) in [6.45, 7) is 2.51. The van der Waals surface area contributed by atoms with E-state index in [0.717, 1.165) is 65.8 Å². The number of likely N-dealkylation sites (tertiary alicyclic amines) is 1. The summed E-state index contributed by atoms with van der Waals surface area (Å²) in [4.78, 5) is 19.4. The van der Waals surface area contributed by atoms with Gasteiger partial charge in [-0.15, -0.1) is 0 Å². The van der Waals surface area contributed by atoms with Gasteiger partial charge in [-0.2, -0.15) is 5.26 Å². The highest BCUT2D eigenvalue weighted by atomic mass is 79.9. The molecule has 146 valence electrons. The Balaban J connectivity index is 1.49. The van der Waals surface area contributed by atoms with Crippen LogP contribution in [0.3, 0.4) is 0 Å². The standard InChI is InChI=1S/C23H21BrN4O/c24-19-6-4-17(5-7-19)22-26-20-11-15(12-25)1-8-21(20)28(22)14-16-9-10-27(13-16)23(29)18-2-3-18/h1,4-8,11,16,18H,2-3,9-10,13-14H2/t16-/m0/s1. The fourth-order valence-electron chi connectivity index (χ4n) is 4.23. The average Bonchev–Trinajstić information content (AvgIpc) is 3.39. The highest BCUT2D eigenvalue weighted by Gasteiger charge is 2.36. The quantitative estimate of drug-likeness (QED) is 0.585. The van der Waals surface area contributed by atoms with Gasteiger partial charge in [-0.3, -0.25) is 4.79 Å². The number of halogens is 1. The van der Waals surface area contributed by atoms with Crippen LogP contribution in [0, 0.1) is 23.2 Å². The van der Waals surface area contributed by atoms with Crippen LogP contribution in [0.5, 0.6) is 0 Å². The van der Waals surface area contributed by atoms with Crippen molar-refractivity contribution in [3.05, 3.63) is 52.5 Å². The molecule has 1 atom stereocenters. The number of hydrogen-bond acceptors (Lipinski definition) is 3. The Morgan fingerprint density at radius 2 is 1.97 bits per heavy atom. The number of aromatic nitrogens is 2. The van der Waals surface area contributed by atoms with Gasteiger partial charge >= 0.3 is 0 Å². The van der Waals surface area contributed by atoms with Crippen LogP contribution in [0.4, 0.5) is 0 Å². The van der Waals surface area contributed by atoms with Gasteiger partial charge in [-0.05, 0) is 55.5 Å². The van der Waals surface area contributed by atoms with Gasteiger partial charge in [-0.1, -0.05) is 28.1 Å². The first-order valence-corrected chi connectivity index (χ1v) is 10.9. The Morgan fingerprint density at radius 3 is 2.69 bits per heavy atom. The maximum absolute atomic E-state index is 12.4. The van der Waals surface area contributed by atoms with E-state index in [2.05, 4.69) is 43.6 Å². The molecule has 0 N–H and O–H groups in total. The second-order valence-electron chi connectivity index (χ2n) is 8.08. The largest absolute Gasteiger partial charge is 0.342 e. The van der Waals surface area contributed by atoms with Crippen LogP contribution in [0.25, 0.3) is 22.4 Å². The lowest BCUT2D eigenvalue weighted by atomic mass is 10.1. The average molecular weight is 449 g/mol. The predicted molar refractivity (Wildman–Crippen MR) is 115 cm³/mol. The lowest BCUT2D eigenvalue weighted by Gasteiger charge is -2.18. The number of hydrogen-bond donors (Lipinski definition) is 0. The summed E-state index contributed by atoms with van der Waals surface area (Å²) in [6, 6.07) is 16.1. The van der Waals surface area contributed by atoms with E-state index in [-0.39, 0.29) is 5.92 Å². The van der Waals surface area contributed by atoms with Gasteiger partial charge in [0.05, 0.1) is 22.7 Å². The fourth-order valence-corrected chi connectivity index (χ4v) is 4.50. The predicted octanol–water partition coefficient (Wildman–Crippen LogP) is 4.60. The first-order chi connectivity index (χ1) is 14.1. The summed E-state index contributed by atoms with van der Waals surface area (Å²) >= 11 is 3.50. The van der Waals surface area contributed by atoms with E-state index < -0.39 is 0 Å². The molecule has 1 saturated carbocycles. The molecule has 2 aromatic carbocycles. The summed E-state index contributed by atoms with van der Waals surface area (Å²) in [5, 5.41) is 9.25. The third kappa shape index (κ3) is 3.56. The number of imidazole rings is 1. The van der Waals surface area contributed by atoms with Crippen LogP contribution < -0.4 is 0 Å². The molecule has 29 heavy (non-hydrogen) atoms. The number of fused-ring (bicyclic) bond motifs is 1. The third-order valence-corrected chi connectivity index (χ3v) is 6.47. The van der Waals surface area contributed by atoms with E-state index in [0.29, 0.717) is 17.4 Å². The zero-order valence-corrected chi connectivity index (χ0v) is 17.6. The minimum atomic E-state index is 0.283. The van der Waals surface area contributed by atoms with Gasteiger partial charge in [0, 0.05) is 35.6 Å². The normalized spacial score (nSPS) is 18.9. The van der Waals surface area contributed by atoms with Crippen molar-refractivity contribution in [2.45, 2.75) is 25.8 Å². The summed E-state index contributed by atoms with van der Waals surface area (Å²) in [5.74, 6) is 1.95. The maximum atomic E-state index is 12.4. The highest BCUT2D eigenvalue weighted by Crippen LogP contribution is 2.34. The monoisotopic (exact) mass is 448 g/mol. The molecule has 1 saturated heterocycles. The molecule has 1 amide bonds. The molecule has 2 fully saturated rings. The molecule has 5 rings (SSSR count). The molecule has 0 spiro atoms. The second kappa shape index (κ2) is 7.31. The lowest BCUT2D eigenvalue weighted by Crippen LogP contribution is -2.30. The van der Waals surface area contributed by atoms with Gasteiger partial charge in [0.15, 0.2) is 0 Å². The molecular formula is C23H21BrN4O. The van der Waals surface area contributed by atoms with Crippen molar-refractivity contribution in [2.75, 3.05) is 13.1 Å². The van der Waals surface area contributed by atoms with E-state index in [1.807, 2.05) is 30.3 Å². The van der Waals surface area contributed by atoms with Crippen LogP contribution in [-0.4, -0.2) is 33.4 Å². The third-order valence-electron chi connectivity index (χ3n) is 5.94. The number of benzene rings is 2. The van der Waals surface area contributed by atoms with E-state index in [9.17, 15) is 10.1 Å². The van der Waals surface area contributed by atoms with Crippen molar-refractivity contribution in [3.8, 4) is 17.5 Å². The number of carbonyl (C=O) groups is 1. The SMILES string of the molecule is N#Cc1ccc2c(c1)nc(-c1ccc(Br)cc1)n2C[C@H]1CCN(C(=O)C2CC2)C1. The molecule has 6 heteroatoms. The topological polar surface area (TPSA) is 61.9 Å². The number of amides is 1. The van der Waals surface area contributed by atoms with E-state index in [1.54, 1.807) is 0 Å². The Kier molecular flexibility index (Phi) is 4.63. The lowest BCUT2D eigenvalue weighted by molar-refractivity contribution is -0.131. The highest BCUT2D eigenvalue weighted by molar-refractivity contribution is 9.10. The van der Waals surface area contributed by atoms with Crippen molar-refractivity contribution < 1.29 is 4.79 Å². The molecule has 0 bridgehead atoms. The minimum absolute atomic E-state index is 0.283. The Hall–Kier alpha value is -2.65. The van der Waals surface area contributed by atoms with Crippen LogP contribution in [-0.2, 0) is 11.3 Å². The minimum Gasteiger partial charge on any atom is -0.342 e. The molecule has 1 aliphatic heterocycles. The summed E-state index contributed by atoms with van der Waals surface area (Å²) in [6.07, 6.45) is 3.14. The zero-order chi connectivity index (χ0) is 20.0. The van der Waals surface area contributed by atoms with Crippen LogP contribution in [0.2, 0.25) is 0 Å². The summed E-state index contributed by atoms with van der Waals surface area (Å²) < 4.78 is 3.29. The number of carbonyl (C=O) groups excluding carboxylic acids is 1. The number of nitriles is 1. The molecule has 0 unspecified atom stereocenters. The fraction of sp³-hybridized carbons (Fsp3) is 0.348. The molecular weight excluding hydrogens is 428 g/mol. The number of rotatable bonds is 4. The summed E-state index contributed by atoms with van der Waals surface area (Å²) in [5.41, 5.74) is 3.54. The van der Waals surface area contributed by atoms with Gasteiger partial charge in [0.25, 0.3) is 0 Å². The van der Waals surface area contributed by atoms with Crippen LogP contribution >= 0.6 is 15.9 Å². The van der Waals surface area contributed by atoms with E-state index >= 15 is 0 Å². The number of nitrogens with zero attached hydrogens (tertiary/aromatic N) is 4. The zero-order valence-electron chi connectivity index (χ0n) is 16.0. The van der Waals surface area contributed by atoms with E-state index in [1.165, 1.54) is 0 Å². The first-order valence-electron chi connectivity index (χ1n) is 10.1. The van der Waals surface area contributed by atoms with Crippen molar-refractivity contribution in [2.24, 2.45) is 11.8 Å². The van der Waals surface area contributed by atoms with Crippen molar-refractivity contribution in [3.63, 3.8) is 0 Å².